The Hall–Kier alpha value is -2.61. The highest BCUT2D eigenvalue weighted by atomic mass is 32.2. The molecule has 0 saturated heterocycles. The summed E-state index contributed by atoms with van der Waals surface area (Å²) in [5.74, 6) is -1.82. The molecule has 24 heavy (non-hydrogen) atoms. The largest absolute Gasteiger partial charge is 0.285 e. The summed E-state index contributed by atoms with van der Waals surface area (Å²) in [6, 6.07) is 6.72. The number of halogens is 2. The average molecular weight is 349 g/mol. The van der Waals surface area contributed by atoms with E-state index >= 15 is 0 Å². The number of aromatic nitrogens is 3. The average Bonchev–Trinajstić information content (AvgIpc) is 2.89. The Bertz CT molecular complexity index is 1010. The van der Waals surface area contributed by atoms with Gasteiger partial charge in [-0.25, -0.2) is 18.3 Å². The molecular formula is C16H13F2N3O2S. The lowest BCUT2D eigenvalue weighted by molar-refractivity contribution is 0.575. The Labute approximate surface area is 137 Å². The van der Waals surface area contributed by atoms with E-state index in [-0.39, 0.29) is 10.6 Å². The second-order valence-electron chi connectivity index (χ2n) is 5.28. The van der Waals surface area contributed by atoms with Gasteiger partial charge in [0.1, 0.15) is 11.5 Å². The Balaban J connectivity index is 2.26. The minimum atomic E-state index is -4.19. The summed E-state index contributed by atoms with van der Waals surface area (Å²) in [7, 11) is -4.19. The second-order valence-corrected chi connectivity index (χ2v) is 7.04. The van der Waals surface area contributed by atoms with E-state index in [1.54, 1.807) is 19.9 Å². The van der Waals surface area contributed by atoms with E-state index in [2.05, 4.69) is 9.97 Å². The summed E-state index contributed by atoms with van der Waals surface area (Å²) in [5, 5.41) is -0.235. The van der Waals surface area contributed by atoms with Gasteiger partial charge in [0.15, 0.2) is 5.03 Å². The monoisotopic (exact) mass is 349 g/mol. The Kier molecular flexibility index (Phi) is 3.92. The summed E-state index contributed by atoms with van der Waals surface area (Å²) in [5.41, 5.74) is 0.549. The van der Waals surface area contributed by atoms with E-state index < -0.39 is 27.5 Å². The molecule has 0 bridgehead atoms. The van der Waals surface area contributed by atoms with Gasteiger partial charge in [0.2, 0.25) is 5.95 Å². The van der Waals surface area contributed by atoms with Crippen LogP contribution in [0.15, 0.2) is 47.8 Å². The molecule has 0 aliphatic carbocycles. The van der Waals surface area contributed by atoms with Crippen molar-refractivity contribution in [1.29, 1.82) is 0 Å². The third-order valence-electron chi connectivity index (χ3n) is 3.41. The van der Waals surface area contributed by atoms with Crippen LogP contribution in [0.5, 0.6) is 0 Å². The van der Waals surface area contributed by atoms with Crippen LogP contribution in [0.3, 0.4) is 0 Å². The first-order valence-corrected chi connectivity index (χ1v) is 8.43. The van der Waals surface area contributed by atoms with Gasteiger partial charge in [-0.3, -0.25) is 0 Å². The lowest BCUT2D eigenvalue weighted by Crippen LogP contribution is -2.16. The van der Waals surface area contributed by atoms with Crippen molar-refractivity contribution in [2.24, 2.45) is 0 Å². The van der Waals surface area contributed by atoms with E-state index in [9.17, 15) is 17.2 Å². The molecule has 0 fully saturated rings. The maximum atomic E-state index is 14.2. The van der Waals surface area contributed by atoms with E-state index in [1.807, 2.05) is 0 Å². The molecule has 0 N–H and O–H groups in total. The van der Waals surface area contributed by atoms with Gasteiger partial charge in [-0.1, -0.05) is 0 Å². The molecule has 0 amide bonds. The van der Waals surface area contributed by atoms with Gasteiger partial charge < -0.3 is 0 Å². The fourth-order valence-electron chi connectivity index (χ4n) is 2.44. The molecule has 5 nitrogen and oxygen atoms in total. The summed E-state index contributed by atoms with van der Waals surface area (Å²) >= 11 is 0. The lowest BCUT2D eigenvalue weighted by atomic mass is 10.2. The zero-order chi connectivity index (χ0) is 17.5. The van der Waals surface area contributed by atoms with Crippen LogP contribution >= 0.6 is 0 Å². The Morgan fingerprint density at radius 3 is 2.54 bits per heavy atom. The highest BCUT2D eigenvalue weighted by molar-refractivity contribution is 7.90. The molecule has 0 aliphatic heterocycles. The molecule has 0 saturated carbocycles. The molecule has 8 heteroatoms. The normalized spacial score (nSPS) is 11.7. The summed E-state index contributed by atoms with van der Waals surface area (Å²) in [6.45, 7) is 3.38. The summed E-state index contributed by atoms with van der Waals surface area (Å²) in [6.07, 6.45) is 2.23. The van der Waals surface area contributed by atoms with Crippen LogP contribution in [0.2, 0.25) is 0 Å². The predicted octanol–water partition coefficient (Wildman–Crippen LogP) is 3.08. The maximum Gasteiger partial charge on any atom is 0.285 e. The van der Waals surface area contributed by atoms with Crippen molar-refractivity contribution in [3.63, 3.8) is 0 Å². The molecule has 0 aliphatic rings. The minimum absolute atomic E-state index is 0.235. The van der Waals surface area contributed by atoms with Crippen molar-refractivity contribution >= 4 is 10.0 Å². The first kappa shape index (κ1) is 16.3. The highest BCUT2D eigenvalue weighted by Gasteiger charge is 2.26. The molecule has 0 atom stereocenters. The van der Waals surface area contributed by atoms with E-state index in [0.29, 0.717) is 15.2 Å². The maximum absolute atomic E-state index is 14.2. The fourth-order valence-corrected chi connectivity index (χ4v) is 3.88. The van der Waals surface area contributed by atoms with Gasteiger partial charge in [-0.05, 0) is 49.7 Å². The zero-order valence-electron chi connectivity index (χ0n) is 12.9. The van der Waals surface area contributed by atoms with Crippen LogP contribution < -0.4 is 0 Å². The molecule has 0 radical (unpaired) electrons. The van der Waals surface area contributed by atoms with E-state index in [4.69, 9.17) is 0 Å². The first-order chi connectivity index (χ1) is 11.3. The first-order valence-electron chi connectivity index (χ1n) is 6.99. The smallest absolute Gasteiger partial charge is 0.240 e. The van der Waals surface area contributed by atoms with Gasteiger partial charge in [0, 0.05) is 18.1 Å². The molecular weight excluding hydrogens is 336 g/mol. The minimum Gasteiger partial charge on any atom is -0.240 e. The van der Waals surface area contributed by atoms with Gasteiger partial charge in [-0.15, -0.1) is 0 Å². The molecule has 3 aromatic rings. The van der Waals surface area contributed by atoms with Crippen molar-refractivity contribution < 1.29 is 17.2 Å². The topological polar surface area (TPSA) is 64.8 Å². The van der Waals surface area contributed by atoms with Crippen LogP contribution in [0.1, 0.15) is 11.3 Å². The highest BCUT2D eigenvalue weighted by Crippen LogP contribution is 2.29. The molecule has 3 heterocycles. The van der Waals surface area contributed by atoms with E-state index in [1.165, 1.54) is 24.4 Å². The Morgan fingerprint density at radius 1 is 1.12 bits per heavy atom. The van der Waals surface area contributed by atoms with Gasteiger partial charge in [-0.2, -0.15) is 12.8 Å². The molecule has 0 aromatic carbocycles. The zero-order valence-corrected chi connectivity index (χ0v) is 13.7. The molecule has 124 valence electrons. The van der Waals surface area contributed by atoms with Crippen molar-refractivity contribution in [3.8, 4) is 11.3 Å². The third kappa shape index (κ3) is 2.69. The number of hydrogen-bond acceptors (Lipinski definition) is 4. The molecule has 0 spiro atoms. The Morgan fingerprint density at radius 2 is 1.88 bits per heavy atom. The number of nitrogens with zero attached hydrogens (tertiary/aromatic N) is 3. The number of hydrogen-bond donors (Lipinski definition) is 0. The number of rotatable bonds is 3. The fraction of sp³-hybridized carbons (Fsp3) is 0.125. The SMILES string of the molecule is Cc1cc(C)nc(S(=O)(=O)n2ccc(F)c2-c2cccnc2F)c1. The van der Waals surface area contributed by atoms with Crippen molar-refractivity contribution in [2.45, 2.75) is 18.9 Å². The van der Waals surface area contributed by atoms with Crippen LogP contribution in [0, 0.1) is 25.6 Å². The number of pyridine rings is 2. The molecule has 3 aromatic heterocycles. The van der Waals surface area contributed by atoms with Crippen LogP contribution in [-0.2, 0) is 10.0 Å². The van der Waals surface area contributed by atoms with E-state index in [0.717, 1.165) is 12.3 Å². The predicted molar refractivity (Wildman–Crippen MR) is 83.9 cm³/mol. The van der Waals surface area contributed by atoms with Crippen LogP contribution in [-0.4, -0.2) is 22.4 Å². The van der Waals surface area contributed by atoms with Gasteiger partial charge in [0.05, 0.1) is 5.56 Å². The summed E-state index contributed by atoms with van der Waals surface area (Å²) < 4.78 is 54.5. The van der Waals surface area contributed by atoms with Crippen molar-refractivity contribution in [3.05, 3.63) is 65.7 Å². The molecule has 3 rings (SSSR count). The lowest BCUT2D eigenvalue weighted by Gasteiger charge is -2.11. The second kappa shape index (κ2) is 5.79. The summed E-state index contributed by atoms with van der Waals surface area (Å²) in [4.78, 5) is 7.45. The van der Waals surface area contributed by atoms with Crippen LogP contribution in [0.25, 0.3) is 11.3 Å². The van der Waals surface area contributed by atoms with Crippen LogP contribution in [0.4, 0.5) is 8.78 Å². The van der Waals surface area contributed by atoms with Gasteiger partial charge in [0.25, 0.3) is 10.0 Å². The third-order valence-corrected chi connectivity index (χ3v) is 4.97. The molecule has 0 unspecified atom stereocenters. The number of aryl methyl sites for hydroxylation is 2. The standard InChI is InChI=1S/C16H13F2N3O2S/c1-10-8-11(2)20-14(9-10)24(22,23)21-7-5-13(17)15(21)12-4-3-6-19-16(12)18/h3-9H,1-2H3. The quantitative estimate of drug-likeness (QED) is 0.682. The van der Waals surface area contributed by atoms with Gasteiger partial charge >= 0.3 is 0 Å². The van der Waals surface area contributed by atoms with Crippen molar-refractivity contribution in [1.82, 2.24) is 13.9 Å². The van der Waals surface area contributed by atoms with Crippen molar-refractivity contribution in [2.75, 3.05) is 0 Å².